The molecule has 2 rings (SSSR count). The summed E-state index contributed by atoms with van der Waals surface area (Å²) < 4.78 is 0. The highest BCUT2D eigenvalue weighted by Gasteiger charge is 2.42. The summed E-state index contributed by atoms with van der Waals surface area (Å²) in [6.45, 7) is 10.9. The summed E-state index contributed by atoms with van der Waals surface area (Å²) in [5.74, 6) is 0.138. The second-order valence-corrected chi connectivity index (χ2v) is 8.23. The van der Waals surface area contributed by atoms with E-state index >= 15 is 0 Å². The first-order valence-electron chi connectivity index (χ1n) is 8.21. The fourth-order valence-electron chi connectivity index (χ4n) is 4.12. The molecular formula is C17H31NO2. The van der Waals surface area contributed by atoms with Crippen LogP contribution in [0.5, 0.6) is 0 Å². The maximum atomic E-state index is 11.4. The van der Waals surface area contributed by atoms with Crippen LogP contribution in [0, 0.1) is 16.7 Å². The maximum absolute atomic E-state index is 11.4. The van der Waals surface area contributed by atoms with Crippen LogP contribution in [-0.4, -0.2) is 35.1 Å². The first-order valence-corrected chi connectivity index (χ1v) is 8.21. The fourth-order valence-corrected chi connectivity index (χ4v) is 4.12. The van der Waals surface area contributed by atoms with E-state index in [0.29, 0.717) is 11.5 Å². The maximum Gasteiger partial charge on any atom is 0.309 e. The van der Waals surface area contributed by atoms with Crippen LogP contribution in [0.1, 0.15) is 66.2 Å². The molecule has 1 saturated heterocycles. The number of carboxylic acid groups (broad SMARTS) is 1. The topological polar surface area (TPSA) is 40.5 Å². The molecule has 2 atom stereocenters. The second-order valence-electron chi connectivity index (χ2n) is 8.23. The van der Waals surface area contributed by atoms with Gasteiger partial charge in [0, 0.05) is 6.04 Å². The Hall–Kier alpha value is -0.570. The summed E-state index contributed by atoms with van der Waals surface area (Å²) in [5.41, 5.74) is -0.138. The van der Waals surface area contributed by atoms with Crippen molar-refractivity contribution in [3.8, 4) is 0 Å². The van der Waals surface area contributed by atoms with Gasteiger partial charge in [-0.1, -0.05) is 33.6 Å². The third-order valence-corrected chi connectivity index (χ3v) is 5.73. The van der Waals surface area contributed by atoms with Crippen molar-refractivity contribution in [3.63, 3.8) is 0 Å². The van der Waals surface area contributed by atoms with Crippen molar-refractivity contribution in [2.24, 2.45) is 16.7 Å². The third kappa shape index (κ3) is 3.19. The molecule has 0 radical (unpaired) electrons. The Bertz CT molecular complexity index is 350. The first kappa shape index (κ1) is 15.8. The Labute approximate surface area is 123 Å². The number of hydrogen-bond acceptors (Lipinski definition) is 2. The van der Waals surface area contributed by atoms with E-state index in [1.807, 2.05) is 6.92 Å². The normalized spacial score (nSPS) is 32.0. The zero-order chi connectivity index (χ0) is 15.0. The van der Waals surface area contributed by atoms with Gasteiger partial charge in [-0.25, -0.2) is 0 Å². The van der Waals surface area contributed by atoms with E-state index in [-0.39, 0.29) is 0 Å². The summed E-state index contributed by atoms with van der Waals surface area (Å²) in [5, 5.41) is 9.36. The first-order chi connectivity index (χ1) is 9.24. The van der Waals surface area contributed by atoms with Gasteiger partial charge in [0.15, 0.2) is 0 Å². The molecule has 116 valence electrons. The highest BCUT2D eigenvalue weighted by atomic mass is 16.4. The Kier molecular flexibility index (Phi) is 4.48. The molecule has 1 N–H and O–H groups in total. The van der Waals surface area contributed by atoms with Crippen molar-refractivity contribution < 1.29 is 9.90 Å². The number of rotatable bonds is 2. The molecule has 2 fully saturated rings. The summed E-state index contributed by atoms with van der Waals surface area (Å²) in [7, 11) is 0. The minimum atomic E-state index is -0.617. The molecule has 0 aromatic carbocycles. The monoisotopic (exact) mass is 281 g/mol. The lowest BCUT2D eigenvalue weighted by molar-refractivity contribution is -0.151. The van der Waals surface area contributed by atoms with Crippen LogP contribution in [0.15, 0.2) is 0 Å². The molecule has 3 heteroatoms. The van der Waals surface area contributed by atoms with Crippen molar-refractivity contribution >= 4 is 5.97 Å². The third-order valence-electron chi connectivity index (χ3n) is 5.73. The summed E-state index contributed by atoms with van der Waals surface area (Å²) in [6, 6.07) is 0.669. The van der Waals surface area contributed by atoms with Crippen molar-refractivity contribution in [1.82, 2.24) is 4.90 Å². The highest BCUT2D eigenvalue weighted by Crippen LogP contribution is 2.42. The van der Waals surface area contributed by atoms with Crippen molar-refractivity contribution in [2.75, 3.05) is 13.1 Å². The number of piperidine rings is 1. The predicted octanol–water partition coefficient (Wildman–Crippen LogP) is 3.78. The van der Waals surface area contributed by atoms with Gasteiger partial charge in [0.1, 0.15) is 0 Å². The van der Waals surface area contributed by atoms with Crippen LogP contribution in [-0.2, 0) is 4.79 Å². The lowest BCUT2D eigenvalue weighted by Crippen LogP contribution is -2.52. The number of aliphatic carboxylic acids is 1. The van der Waals surface area contributed by atoms with Gasteiger partial charge in [-0.3, -0.25) is 4.79 Å². The molecule has 0 aromatic rings. The van der Waals surface area contributed by atoms with E-state index in [1.165, 1.54) is 25.7 Å². The van der Waals surface area contributed by atoms with E-state index < -0.39 is 11.4 Å². The van der Waals surface area contributed by atoms with Crippen LogP contribution in [0.3, 0.4) is 0 Å². The largest absolute Gasteiger partial charge is 0.481 e. The molecule has 0 aromatic heterocycles. The van der Waals surface area contributed by atoms with E-state index in [4.69, 9.17) is 0 Å². The molecule has 1 saturated carbocycles. The fraction of sp³-hybridized carbons (Fsp3) is 0.941. The Morgan fingerprint density at radius 1 is 1.15 bits per heavy atom. The molecule has 3 nitrogen and oxygen atoms in total. The van der Waals surface area contributed by atoms with Crippen LogP contribution in [0.4, 0.5) is 0 Å². The van der Waals surface area contributed by atoms with Gasteiger partial charge in [-0.2, -0.15) is 0 Å². The van der Waals surface area contributed by atoms with Crippen molar-refractivity contribution in [1.29, 1.82) is 0 Å². The van der Waals surface area contributed by atoms with Crippen molar-refractivity contribution in [2.45, 2.75) is 72.3 Å². The zero-order valence-electron chi connectivity index (χ0n) is 13.6. The van der Waals surface area contributed by atoms with Crippen molar-refractivity contribution in [3.05, 3.63) is 0 Å². The lowest BCUT2D eigenvalue weighted by Gasteiger charge is -2.49. The average Bonchev–Trinajstić information content (AvgIpc) is 2.38. The average molecular weight is 281 g/mol. The number of carbonyl (C=O) groups is 1. The van der Waals surface area contributed by atoms with E-state index in [9.17, 15) is 9.90 Å². The number of likely N-dealkylation sites (tertiary alicyclic amines) is 1. The summed E-state index contributed by atoms with van der Waals surface area (Å²) in [4.78, 5) is 14.0. The molecule has 0 bridgehead atoms. The minimum Gasteiger partial charge on any atom is -0.481 e. The molecule has 2 aliphatic rings. The van der Waals surface area contributed by atoms with Gasteiger partial charge >= 0.3 is 5.97 Å². The number of hydrogen-bond donors (Lipinski definition) is 1. The molecule has 1 aliphatic heterocycles. The molecular weight excluding hydrogens is 250 g/mol. The molecule has 0 amide bonds. The standard InChI is InChI=1S/C17H31NO2/c1-16(2,3)13-7-5-6-8-14(13)18-11-9-17(4,10-12-18)15(19)20/h13-14H,5-12H2,1-4H3,(H,19,20). The zero-order valence-corrected chi connectivity index (χ0v) is 13.6. The minimum absolute atomic E-state index is 0.360. The van der Waals surface area contributed by atoms with Gasteiger partial charge in [0.05, 0.1) is 5.41 Å². The van der Waals surface area contributed by atoms with Gasteiger partial charge in [0.2, 0.25) is 0 Å². The van der Waals surface area contributed by atoms with Crippen LogP contribution >= 0.6 is 0 Å². The van der Waals surface area contributed by atoms with E-state index in [1.54, 1.807) is 0 Å². The van der Waals surface area contributed by atoms with E-state index in [2.05, 4.69) is 25.7 Å². The Morgan fingerprint density at radius 2 is 1.70 bits per heavy atom. The lowest BCUT2D eigenvalue weighted by atomic mass is 9.68. The van der Waals surface area contributed by atoms with Gasteiger partial charge < -0.3 is 10.0 Å². The highest BCUT2D eigenvalue weighted by molar-refractivity contribution is 5.74. The molecule has 0 spiro atoms. The quantitative estimate of drug-likeness (QED) is 0.837. The van der Waals surface area contributed by atoms with Gasteiger partial charge in [-0.05, 0) is 57.0 Å². The van der Waals surface area contributed by atoms with Gasteiger partial charge in [-0.15, -0.1) is 0 Å². The Balaban J connectivity index is 2.03. The van der Waals surface area contributed by atoms with Crippen LogP contribution in [0.25, 0.3) is 0 Å². The Morgan fingerprint density at radius 3 is 2.20 bits per heavy atom. The van der Waals surface area contributed by atoms with Crippen LogP contribution < -0.4 is 0 Å². The molecule has 1 aliphatic carbocycles. The SMILES string of the molecule is CC1(C(=O)O)CCN(C2CCCCC2C(C)(C)C)CC1. The van der Waals surface area contributed by atoms with Crippen LogP contribution in [0.2, 0.25) is 0 Å². The number of carboxylic acids is 1. The molecule has 2 unspecified atom stereocenters. The predicted molar refractivity (Wildman–Crippen MR) is 81.8 cm³/mol. The van der Waals surface area contributed by atoms with Gasteiger partial charge in [0.25, 0.3) is 0 Å². The van der Waals surface area contributed by atoms with E-state index in [0.717, 1.165) is 31.8 Å². The number of nitrogens with zero attached hydrogens (tertiary/aromatic N) is 1. The summed E-state index contributed by atoms with van der Waals surface area (Å²) >= 11 is 0. The smallest absolute Gasteiger partial charge is 0.309 e. The summed E-state index contributed by atoms with van der Waals surface area (Å²) in [6.07, 6.45) is 6.93. The molecule has 20 heavy (non-hydrogen) atoms. The molecule has 1 heterocycles. The second kappa shape index (κ2) is 5.67.